The van der Waals surface area contributed by atoms with Crippen LogP contribution in [0.3, 0.4) is 0 Å². The standard InChI is InChI=1S/C5H8N2O/c1-4(6)5-2-3-8-7-5/h2-4H,6H2,1H3/p+1/t4-/m0/s1. The topological polar surface area (TPSA) is 53.7 Å². The van der Waals surface area contributed by atoms with Gasteiger partial charge >= 0.3 is 0 Å². The number of rotatable bonds is 1. The zero-order valence-corrected chi connectivity index (χ0v) is 4.79. The van der Waals surface area contributed by atoms with E-state index in [0.29, 0.717) is 0 Å². The van der Waals surface area contributed by atoms with Gasteiger partial charge in [-0.05, 0) is 6.92 Å². The molecule has 1 aromatic rings. The molecule has 0 aromatic carbocycles. The fraction of sp³-hybridized carbons (Fsp3) is 0.400. The maximum absolute atomic E-state index is 4.59. The van der Waals surface area contributed by atoms with Gasteiger partial charge in [0.15, 0.2) is 0 Å². The summed E-state index contributed by atoms with van der Waals surface area (Å²) < 4.78 is 4.59. The van der Waals surface area contributed by atoms with Crippen molar-refractivity contribution < 1.29 is 10.3 Å². The fourth-order valence-electron chi connectivity index (χ4n) is 0.476. The van der Waals surface area contributed by atoms with Crippen molar-refractivity contribution in [3.8, 4) is 0 Å². The molecule has 3 nitrogen and oxygen atoms in total. The van der Waals surface area contributed by atoms with Crippen molar-refractivity contribution in [2.45, 2.75) is 13.0 Å². The van der Waals surface area contributed by atoms with Crippen LogP contribution in [-0.4, -0.2) is 5.16 Å². The predicted molar refractivity (Wildman–Crippen MR) is 27.8 cm³/mol. The van der Waals surface area contributed by atoms with E-state index in [4.69, 9.17) is 0 Å². The molecule has 0 aliphatic rings. The molecular weight excluding hydrogens is 104 g/mol. The second kappa shape index (κ2) is 1.96. The molecule has 0 aliphatic carbocycles. The van der Waals surface area contributed by atoms with Crippen LogP contribution in [0.2, 0.25) is 0 Å². The zero-order valence-electron chi connectivity index (χ0n) is 4.79. The lowest BCUT2D eigenvalue weighted by Gasteiger charge is -1.89. The molecule has 0 saturated heterocycles. The summed E-state index contributed by atoms with van der Waals surface area (Å²) in [7, 11) is 0. The van der Waals surface area contributed by atoms with Crippen molar-refractivity contribution in [3.05, 3.63) is 18.0 Å². The third-order valence-electron chi connectivity index (χ3n) is 0.963. The predicted octanol–water partition coefficient (Wildman–Crippen LogP) is -0.0225. The van der Waals surface area contributed by atoms with E-state index in [9.17, 15) is 0 Å². The van der Waals surface area contributed by atoms with Gasteiger partial charge in [-0.25, -0.2) is 0 Å². The molecule has 1 heterocycles. The van der Waals surface area contributed by atoms with E-state index < -0.39 is 0 Å². The second-order valence-corrected chi connectivity index (χ2v) is 1.83. The molecule has 0 fully saturated rings. The summed E-state index contributed by atoms with van der Waals surface area (Å²) in [6, 6.07) is 2.05. The number of quaternary nitrogens is 1. The van der Waals surface area contributed by atoms with E-state index >= 15 is 0 Å². The first-order valence-electron chi connectivity index (χ1n) is 2.54. The van der Waals surface area contributed by atoms with Crippen LogP contribution in [0.1, 0.15) is 18.7 Å². The van der Waals surface area contributed by atoms with Gasteiger partial charge in [0.2, 0.25) is 0 Å². The van der Waals surface area contributed by atoms with E-state index in [1.54, 1.807) is 6.26 Å². The van der Waals surface area contributed by atoms with Gasteiger partial charge in [0.05, 0.1) is 0 Å². The number of aromatic nitrogens is 1. The largest absolute Gasteiger partial charge is 0.364 e. The first kappa shape index (κ1) is 5.31. The van der Waals surface area contributed by atoms with E-state index in [-0.39, 0.29) is 6.04 Å². The summed E-state index contributed by atoms with van der Waals surface area (Å²) in [4.78, 5) is 0. The summed E-state index contributed by atoms with van der Waals surface area (Å²) in [5.74, 6) is 0. The van der Waals surface area contributed by atoms with Gasteiger partial charge in [0.25, 0.3) is 0 Å². The van der Waals surface area contributed by atoms with Crippen LogP contribution in [0.4, 0.5) is 0 Å². The second-order valence-electron chi connectivity index (χ2n) is 1.83. The number of nitrogens with zero attached hydrogens (tertiary/aromatic N) is 1. The summed E-state index contributed by atoms with van der Waals surface area (Å²) in [6.45, 7) is 1.97. The van der Waals surface area contributed by atoms with Gasteiger partial charge < -0.3 is 10.3 Å². The molecule has 0 aliphatic heterocycles. The van der Waals surface area contributed by atoms with Crippen LogP contribution < -0.4 is 5.73 Å². The third-order valence-corrected chi connectivity index (χ3v) is 0.963. The molecule has 0 unspecified atom stereocenters. The maximum atomic E-state index is 4.59. The van der Waals surface area contributed by atoms with Crippen LogP contribution >= 0.6 is 0 Å². The summed E-state index contributed by atoms with van der Waals surface area (Å²) in [5.41, 5.74) is 4.67. The zero-order chi connectivity index (χ0) is 5.98. The van der Waals surface area contributed by atoms with E-state index in [1.165, 1.54) is 0 Å². The van der Waals surface area contributed by atoms with Gasteiger partial charge in [0.1, 0.15) is 18.0 Å². The average Bonchev–Trinajstić information content (AvgIpc) is 2.12. The quantitative estimate of drug-likeness (QED) is 0.556. The number of hydrogen-bond acceptors (Lipinski definition) is 2. The molecule has 1 aromatic heterocycles. The molecule has 0 spiro atoms. The van der Waals surface area contributed by atoms with Crippen LogP contribution in [-0.2, 0) is 0 Å². The lowest BCUT2D eigenvalue weighted by Crippen LogP contribution is -2.51. The highest BCUT2D eigenvalue weighted by molar-refractivity contribution is 4.96. The Morgan fingerprint density at radius 2 is 2.62 bits per heavy atom. The van der Waals surface area contributed by atoms with Crippen LogP contribution in [0.15, 0.2) is 16.9 Å². The molecule has 1 atom stereocenters. The van der Waals surface area contributed by atoms with Gasteiger partial charge in [-0.15, -0.1) is 0 Å². The minimum atomic E-state index is 0.230. The highest BCUT2D eigenvalue weighted by Gasteiger charge is 2.03. The summed E-state index contributed by atoms with van der Waals surface area (Å²) >= 11 is 0. The van der Waals surface area contributed by atoms with Crippen molar-refractivity contribution in [2.75, 3.05) is 0 Å². The van der Waals surface area contributed by atoms with Gasteiger partial charge in [0, 0.05) is 6.07 Å². The third kappa shape index (κ3) is 0.869. The van der Waals surface area contributed by atoms with E-state index in [0.717, 1.165) is 5.69 Å². The van der Waals surface area contributed by atoms with E-state index in [2.05, 4.69) is 15.4 Å². The lowest BCUT2D eigenvalue weighted by molar-refractivity contribution is -0.421. The monoisotopic (exact) mass is 113 g/mol. The van der Waals surface area contributed by atoms with E-state index in [1.807, 2.05) is 13.0 Å². The Bertz CT molecular complexity index is 145. The van der Waals surface area contributed by atoms with Crippen molar-refractivity contribution in [3.63, 3.8) is 0 Å². The van der Waals surface area contributed by atoms with Crippen LogP contribution in [0, 0.1) is 0 Å². The first-order valence-corrected chi connectivity index (χ1v) is 2.54. The molecule has 0 bridgehead atoms. The lowest BCUT2D eigenvalue weighted by atomic mass is 10.3. The highest BCUT2D eigenvalue weighted by atomic mass is 16.5. The SMILES string of the molecule is C[C@H]([NH3+])c1ccon1. The van der Waals surface area contributed by atoms with Crippen LogP contribution in [0.25, 0.3) is 0 Å². The Kier molecular flexibility index (Phi) is 1.30. The Hall–Kier alpha value is -0.830. The fourth-order valence-corrected chi connectivity index (χ4v) is 0.476. The maximum Gasteiger partial charge on any atom is 0.140 e. The molecule has 3 N–H and O–H groups in total. The van der Waals surface area contributed by atoms with Gasteiger partial charge in [-0.1, -0.05) is 5.16 Å². The van der Waals surface area contributed by atoms with Crippen LogP contribution in [0.5, 0.6) is 0 Å². The van der Waals surface area contributed by atoms with Crippen molar-refractivity contribution in [1.29, 1.82) is 0 Å². The Morgan fingerprint density at radius 1 is 1.88 bits per heavy atom. The highest BCUT2D eigenvalue weighted by Crippen LogP contribution is 2.01. The smallest absolute Gasteiger partial charge is 0.140 e. The van der Waals surface area contributed by atoms with Crippen molar-refractivity contribution >= 4 is 0 Å². The Morgan fingerprint density at radius 3 is 2.88 bits per heavy atom. The van der Waals surface area contributed by atoms with Crippen molar-refractivity contribution in [1.82, 2.24) is 5.16 Å². The molecule has 1 rings (SSSR count). The normalized spacial score (nSPS) is 13.8. The van der Waals surface area contributed by atoms with Gasteiger partial charge in [-0.3, -0.25) is 0 Å². The molecular formula is C5H9N2O+. The molecule has 3 heteroatoms. The Balaban J connectivity index is 2.77. The van der Waals surface area contributed by atoms with Gasteiger partial charge in [-0.2, -0.15) is 0 Å². The minimum Gasteiger partial charge on any atom is -0.364 e. The molecule has 0 saturated carbocycles. The molecule has 0 amide bonds. The minimum absolute atomic E-state index is 0.230. The molecule has 0 radical (unpaired) electrons. The van der Waals surface area contributed by atoms with Crippen molar-refractivity contribution in [2.24, 2.45) is 0 Å². The summed E-state index contributed by atoms with van der Waals surface area (Å²) in [5, 5.41) is 3.68. The number of hydrogen-bond donors (Lipinski definition) is 1. The average molecular weight is 113 g/mol. The Labute approximate surface area is 47.5 Å². The molecule has 44 valence electrons. The molecule has 8 heavy (non-hydrogen) atoms. The summed E-state index contributed by atoms with van der Waals surface area (Å²) in [6.07, 6.45) is 1.55. The first-order chi connectivity index (χ1) is 3.80.